The Morgan fingerprint density at radius 1 is 1.10 bits per heavy atom. The van der Waals surface area contributed by atoms with Gasteiger partial charge in [-0.2, -0.15) is 5.10 Å². The summed E-state index contributed by atoms with van der Waals surface area (Å²) >= 11 is 0. The fourth-order valence-corrected chi connectivity index (χ4v) is 3.09. The molecule has 4 aromatic rings. The van der Waals surface area contributed by atoms with Gasteiger partial charge in [0.2, 0.25) is 5.95 Å². The zero-order chi connectivity index (χ0) is 20.0. The van der Waals surface area contributed by atoms with Crippen LogP contribution in [0, 0.1) is 13.8 Å². The van der Waals surface area contributed by atoms with Gasteiger partial charge in [-0.25, -0.2) is 15.0 Å². The van der Waals surface area contributed by atoms with E-state index in [-0.39, 0.29) is 5.91 Å². The van der Waals surface area contributed by atoms with Gasteiger partial charge in [0.05, 0.1) is 17.6 Å². The van der Waals surface area contributed by atoms with Crippen molar-refractivity contribution in [3.05, 3.63) is 47.7 Å². The van der Waals surface area contributed by atoms with Crippen LogP contribution in [0.2, 0.25) is 0 Å². The van der Waals surface area contributed by atoms with Crippen LogP contribution in [0.3, 0.4) is 0 Å². The molecule has 9 heteroatoms. The van der Waals surface area contributed by atoms with Crippen molar-refractivity contribution in [1.82, 2.24) is 30.1 Å². The molecule has 0 atom stereocenters. The first-order valence-electron chi connectivity index (χ1n) is 9.47. The second-order valence-corrected chi connectivity index (χ2v) is 7.34. The van der Waals surface area contributed by atoms with Gasteiger partial charge >= 0.3 is 0 Å². The third kappa shape index (κ3) is 3.42. The molecule has 0 aromatic carbocycles. The molecule has 9 nitrogen and oxygen atoms in total. The van der Waals surface area contributed by atoms with E-state index in [0.29, 0.717) is 23.4 Å². The molecule has 146 valence electrons. The molecule has 1 aliphatic rings. The number of H-pyrrole nitrogens is 2. The van der Waals surface area contributed by atoms with Gasteiger partial charge in [-0.1, -0.05) is 0 Å². The fourth-order valence-electron chi connectivity index (χ4n) is 3.09. The number of aromatic nitrogens is 6. The van der Waals surface area contributed by atoms with Gasteiger partial charge in [0.1, 0.15) is 5.65 Å². The quantitative estimate of drug-likeness (QED) is 0.416. The normalized spacial score (nSPS) is 13.6. The summed E-state index contributed by atoms with van der Waals surface area (Å²) in [4.78, 5) is 28.9. The van der Waals surface area contributed by atoms with Gasteiger partial charge in [0.25, 0.3) is 5.91 Å². The summed E-state index contributed by atoms with van der Waals surface area (Å²) in [7, 11) is 0. The molecular formula is C20H20N8O. The van der Waals surface area contributed by atoms with Gasteiger partial charge in [-0.05, 0) is 38.8 Å². The minimum atomic E-state index is -0.268. The topological polar surface area (TPSA) is 124 Å². The number of rotatable bonds is 5. The number of nitrogens with one attached hydrogen (secondary N) is 4. The molecule has 0 saturated heterocycles. The third-order valence-electron chi connectivity index (χ3n) is 5.07. The average molecular weight is 388 g/mol. The van der Waals surface area contributed by atoms with Crippen LogP contribution < -0.4 is 10.6 Å². The second kappa shape index (κ2) is 6.69. The van der Waals surface area contributed by atoms with Crippen LogP contribution in [0.1, 0.15) is 34.6 Å². The van der Waals surface area contributed by atoms with Crippen molar-refractivity contribution < 1.29 is 4.79 Å². The van der Waals surface area contributed by atoms with Crippen LogP contribution in [0.15, 0.2) is 30.7 Å². The zero-order valence-corrected chi connectivity index (χ0v) is 16.1. The number of hydrogen-bond acceptors (Lipinski definition) is 6. The predicted molar refractivity (Wildman–Crippen MR) is 110 cm³/mol. The summed E-state index contributed by atoms with van der Waals surface area (Å²) < 4.78 is 0. The van der Waals surface area contributed by atoms with E-state index >= 15 is 0 Å². The zero-order valence-electron chi connectivity index (χ0n) is 16.1. The van der Waals surface area contributed by atoms with Crippen LogP contribution in [0.4, 0.5) is 11.6 Å². The molecule has 4 aromatic heterocycles. The lowest BCUT2D eigenvalue weighted by Gasteiger charge is -2.03. The number of amides is 1. The van der Waals surface area contributed by atoms with Gasteiger partial charge in [-0.3, -0.25) is 9.89 Å². The van der Waals surface area contributed by atoms with Gasteiger partial charge in [0, 0.05) is 40.6 Å². The molecule has 0 aliphatic heterocycles. The summed E-state index contributed by atoms with van der Waals surface area (Å²) in [6.45, 7) is 3.74. The van der Waals surface area contributed by atoms with Gasteiger partial charge in [0.15, 0.2) is 5.69 Å². The highest BCUT2D eigenvalue weighted by Crippen LogP contribution is 2.26. The van der Waals surface area contributed by atoms with Crippen molar-refractivity contribution in [2.45, 2.75) is 32.7 Å². The highest BCUT2D eigenvalue weighted by Gasteiger charge is 2.21. The molecule has 0 unspecified atom stereocenters. The maximum Gasteiger partial charge on any atom is 0.276 e. The van der Waals surface area contributed by atoms with E-state index < -0.39 is 0 Å². The summed E-state index contributed by atoms with van der Waals surface area (Å²) in [5.41, 5.74) is 5.16. The summed E-state index contributed by atoms with van der Waals surface area (Å²) in [6.07, 6.45) is 7.55. The number of hydrogen-bond donors (Lipinski definition) is 4. The first-order chi connectivity index (χ1) is 14.1. The number of anilines is 2. The summed E-state index contributed by atoms with van der Waals surface area (Å²) in [5.74, 6) is 0.385. The Morgan fingerprint density at radius 3 is 2.59 bits per heavy atom. The summed E-state index contributed by atoms with van der Waals surface area (Å²) in [5, 5.41) is 13.9. The van der Waals surface area contributed by atoms with Crippen LogP contribution in [-0.4, -0.2) is 42.1 Å². The van der Waals surface area contributed by atoms with Crippen LogP contribution in [-0.2, 0) is 0 Å². The lowest BCUT2D eigenvalue weighted by molar-refractivity contribution is 0.102. The predicted octanol–water partition coefficient (Wildman–Crippen LogP) is 3.19. The van der Waals surface area contributed by atoms with E-state index in [9.17, 15) is 4.79 Å². The van der Waals surface area contributed by atoms with Crippen molar-refractivity contribution in [2.24, 2.45) is 0 Å². The highest BCUT2D eigenvalue weighted by atomic mass is 16.1. The standard InChI is InChI=1S/C20H20N8O/c1-10-11(2)27-28-17(10)19(29)24-15-5-12-6-16(26-18(12)21-9-15)13-7-22-20(23-8-13)25-14-3-4-14/h5-9,14H,3-4H2,1-2H3,(H,21,26)(H,24,29)(H,27,28)(H,22,23,25). The molecule has 4 N–H and O–H groups in total. The minimum Gasteiger partial charge on any atom is -0.351 e. The molecule has 1 fully saturated rings. The van der Waals surface area contributed by atoms with Crippen LogP contribution >= 0.6 is 0 Å². The maximum absolute atomic E-state index is 12.5. The Kier molecular flexibility index (Phi) is 4.01. The molecule has 29 heavy (non-hydrogen) atoms. The number of pyridine rings is 1. The van der Waals surface area contributed by atoms with Gasteiger partial charge < -0.3 is 15.6 Å². The van der Waals surface area contributed by atoms with Gasteiger partial charge in [-0.15, -0.1) is 0 Å². The van der Waals surface area contributed by atoms with Crippen LogP contribution in [0.25, 0.3) is 22.3 Å². The number of aromatic amines is 2. The van der Waals surface area contributed by atoms with Crippen molar-refractivity contribution in [1.29, 1.82) is 0 Å². The molecule has 5 rings (SSSR count). The largest absolute Gasteiger partial charge is 0.351 e. The monoisotopic (exact) mass is 388 g/mol. The van der Waals surface area contributed by atoms with Crippen LogP contribution in [0.5, 0.6) is 0 Å². The molecular weight excluding hydrogens is 368 g/mol. The molecule has 1 saturated carbocycles. The first-order valence-corrected chi connectivity index (χ1v) is 9.47. The number of aryl methyl sites for hydroxylation is 1. The second-order valence-electron chi connectivity index (χ2n) is 7.34. The molecule has 0 spiro atoms. The number of fused-ring (bicyclic) bond motifs is 1. The molecule has 1 aliphatic carbocycles. The maximum atomic E-state index is 12.5. The Hall–Kier alpha value is -3.75. The molecule has 0 radical (unpaired) electrons. The Bertz CT molecular complexity index is 1200. The Balaban J connectivity index is 1.36. The molecule has 4 heterocycles. The van der Waals surface area contributed by atoms with Crippen molar-refractivity contribution in [3.63, 3.8) is 0 Å². The highest BCUT2D eigenvalue weighted by molar-refractivity contribution is 6.04. The van der Waals surface area contributed by atoms with E-state index in [1.54, 1.807) is 18.6 Å². The Labute approximate surface area is 166 Å². The minimum absolute atomic E-state index is 0.268. The van der Waals surface area contributed by atoms with Crippen molar-refractivity contribution >= 4 is 28.6 Å². The number of carbonyl (C=O) groups excluding carboxylic acids is 1. The Morgan fingerprint density at radius 2 is 1.90 bits per heavy atom. The smallest absolute Gasteiger partial charge is 0.276 e. The first kappa shape index (κ1) is 17.4. The third-order valence-corrected chi connectivity index (χ3v) is 5.07. The molecule has 1 amide bonds. The molecule has 0 bridgehead atoms. The van der Waals surface area contributed by atoms with E-state index in [4.69, 9.17) is 0 Å². The SMILES string of the molecule is Cc1[nH]nc(C(=O)Nc2cnc3[nH]c(-c4cnc(NC5CC5)nc4)cc3c2)c1C. The number of nitrogens with zero attached hydrogens (tertiary/aromatic N) is 4. The van der Waals surface area contributed by atoms with E-state index in [1.165, 1.54) is 12.8 Å². The summed E-state index contributed by atoms with van der Waals surface area (Å²) in [6, 6.07) is 4.36. The number of carbonyl (C=O) groups is 1. The van der Waals surface area contributed by atoms with E-state index in [1.807, 2.05) is 26.0 Å². The van der Waals surface area contributed by atoms with Crippen molar-refractivity contribution in [2.75, 3.05) is 10.6 Å². The lowest BCUT2D eigenvalue weighted by atomic mass is 10.2. The van der Waals surface area contributed by atoms with E-state index in [0.717, 1.165) is 33.5 Å². The average Bonchev–Trinajstić information content (AvgIpc) is 3.33. The van der Waals surface area contributed by atoms with Crippen molar-refractivity contribution in [3.8, 4) is 11.3 Å². The fraction of sp³-hybridized carbons (Fsp3) is 0.250. The lowest BCUT2D eigenvalue weighted by Crippen LogP contribution is -2.13. The van der Waals surface area contributed by atoms with E-state index in [2.05, 4.69) is 40.8 Å².